The van der Waals surface area contributed by atoms with Crippen LogP contribution in [0, 0.1) is 5.92 Å². The van der Waals surface area contributed by atoms with Gasteiger partial charge in [0.05, 0.1) is 24.9 Å². The summed E-state index contributed by atoms with van der Waals surface area (Å²) >= 11 is 0. The Kier molecular flexibility index (Phi) is 9.72. The fraction of sp³-hybridized carbons (Fsp3) is 0.938. The standard InChI is InChI=1S/C16H31N3O3.HI/c1-3-17-15(19-12-16(2)7-4-8-22-16)18-9-14(20)11-21-10-13-5-6-13;/h13-14,20H,3-12H2,1-2H3,(H2,17,18,19);1H. The van der Waals surface area contributed by atoms with Gasteiger partial charge >= 0.3 is 0 Å². The number of rotatable bonds is 9. The second kappa shape index (κ2) is 10.7. The van der Waals surface area contributed by atoms with E-state index in [1.807, 2.05) is 6.92 Å². The van der Waals surface area contributed by atoms with Gasteiger partial charge in [0.15, 0.2) is 5.96 Å². The molecule has 6 nitrogen and oxygen atoms in total. The number of aliphatic hydroxyl groups excluding tert-OH is 1. The molecule has 0 spiro atoms. The number of halogens is 1. The lowest BCUT2D eigenvalue weighted by Gasteiger charge is -2.22. The van der Waals surface area contributed by atoms with Crippen molar-refractivity contribution in [3.8, 4) is 0 Å². The molecule has 2 rings (SSSR count). The summed E-state index contributed by atoms with van der Waals surface area (Å²) in [5.74, 6) is 1.45. The van der Waals surface area contributed by atoms with Crippen LogP contribution in [0.3, 0.4) is 0 Å². The van der Waals surface area contributed by atoms with Gasteiger partial charge in [-0.25, -0.2) is 0 Å². The van der Waals surface area contributed by atoms with E-state index in [9.17, 15) is 5.11 Å². The number of ether oxygens (including phenoxy) is 2. The van der Waals surface area contributed by atoms with Crippen molar-refractivity contribution in [3.63, 3.8) is 0 Å². The number of hydrogen-bond donors (Lipinski definition) is 3. The van der Waals surface area contributed by atoms with Crippen LogP contribution < -0.4 is 10.6 Å². The monoisotopic (exact) mass is 441 g/mol. The summed E-state index contributed by atoms with van der Waals surface area (Å²) in [5.41, 5.74) is -0.145. The highest BCUT2D eigenvalue weighted by atomic mass is 127. The van der Waals surface area contributed by atoms with Gasteiger partial charge in [-0.2, -0.15) is 0 Å². The van der Waals surface area contributed by atoms with Crippen molar-refractivity contribution >= 4 is 29.9 Å². The van der Waals surface area contributed by atoms with Crippen molar-refractivity contribution in [1.82, 2.24) is 10.6 Å². The highest BCUT2D eigenvalue weighted by molar-refractivity contribution is 14.0. The van der Waals surface area contributed by atoms with E-state index >= 15 is 0 Å². The fourth-order valence-electron chi connectivity index (χ4n) is 2.48. The zero-order valence-electron chi connectivity index (χ0n) is 14.3. The van der Waals surface area contributed by atoms with Gasteiger partial charge in [0.2, 0.25) is 0 Å². The first-order valence-electron chi connectivity index (χ1n) is 8.53. The van der Waals surface area contributed by atoms with Gasteiger partial charge in [-0.1, -0.05) is 0 Å². The zero-order valence-corrected chi connectivity index (χ0v) is 16.7. The zero-order chi connectivity index (χ0) is 15.8. The molecular weight excluding hydrogens is 409 g/mol. The van der Waals surface area contributed by atoms with E-state index < -0.39 is 6.10 Å². The predicted molar refractivity (Wildman–Crippen MR) is 103 cm³/mol. The second-order valence-corrected chi connectivity index (χ2v) is 6.61. The topological polar surface area (TPSA) is 75.1 Å². The first-order valence-corrected chi connectivity index (χ1v) is 8.53. The van der Waals surface area contributed by atoms with E-state index in [2.05, 4.69) is 22.5 Å². The maximum atomic E-state index is 9.94. The van der Waals surface area contributed by atoms with E-state index in [1.54, 1.807) is 0 Å². The van der Waals surface area contributed by atoms with Crippen molar-refractivity contribution < 1.29 is 14.6 Å². The molecule has 0 radical (unpaired) electrons. The van der Waals surface area contributed by atoms with Crippen LogP contribution in [0.25, 0.3) is 0 Å². The van der Waals surface area contributed by atoms with E-state index in [0.717, 1.165) is 44.5 Å². The summed E-state index contributed by atoms with van der Waals surface area (Å²) in [7, 11) is 0. The Morgan fingerprint density at radius 3 is 2.83 bits per heavy atom. The Morgan fingerprint density at radius 2 is 2.22 bits per heavy atom. The summed E-state index contributed by atoms with van der Waals surface area (Å²) in [5, 5.41) is 16.3. The van der Waals surface area contributed by atoms with Crippen LogP contribution in [0.5, 0.6) is 0 Å². The molecule has 136 valence electrons. The van der Waals surface area contributed by atoms with Crippen LogP contribution in [0.1, 0.15) is 39.5 Å². The van der Waals surface area contributed by atoms with Crippen molar-refractivity contribution in [3.05, 3.63) is 0 Å². The van der Waals surface area contributed by atoms with Gasteiger partial charge in [0.1, 0.15) is 0 Å². The van der Waals surface area contributed by atoms with Crippen LogP contribution in [0.4, 0.5) is 0 Å². The third-order valence-electron chi connectivity index (χ3n) is 4.08. The van der Waals surface area contributed by atoms with Crippen LogP contribution in [-0.4, -0.2) is 62.2 Å². The lowest BCUT2D eigenvalue weighted by molar-refractivity contribution is 0.0281. The molecule has 23 heavy (non-hydrogen) atoms. The number of aliphatic imine (C=N–C) groups is 1. The van der Waals surface area contributed by atoms with Gasteiger partial charge in [-0.3, -0.25) is 4.99 Å². The van der Waals surface area contributed by atoms with Crippen molar-refractivity contribution in [2.24, 2.45) is 10.9 Å². The molecule has 2 fully saturated rings. The molecule has 2 unspecified atom stereocenters. The van der Waals surface area contributed by atoms with Crippen LogP contribution in [0.15, 0.2) is 4.99 Å². The van der Waals surface area contributed by atoms with Crippen LogP contribution >= 0.6 is 24.0 Å². The lowest BCUT2D eigenvalue weighted by Crippen LogP contribution is -2.43. The molecule has 1 saturated carbocycles. The molecule has 2 atom stereocenters. The van der Waals surface area contributed by atoms with Gasteiger partial charge in [-0.05, 0) is 45.4 Å². The average molecular weight is 441 g/mol. The van der Waals surface area contributed by atoms with E-state index in [-0.39, 0.29) is 29.6 Å². The summed E-state index contributed by atoms with van der Waals surface area (Å²) < 4.78 is 11.2. The second-order valence-electron chi connectivity index (χ2n) is 6.61. The minimum atomic E-state index is -0.513. The Balaban J connectivity index is 0.00000264. The molecule has 0 amide bonds. The summed E-state index contributed by atoms with van der Waals surface area (Å²) in [4.78, 5) is 4.58. The van der Waals surface area contributed by atoms with Crippen LogP contribution in [0.2, 0.25) is 0 Å². The first-order chi connectivity index (χ1) is 10.6. The van der Waals surface area contributed by atoms with Gasteiger partial charge in [0.25, 0.3) is 0 Å². The minimum Gasteiger partial charge on any atom is -0.389 e. The molecule has 0 bridgehead atoms. The number of hydrogen-bond acceptors (Lipinski definition) is 4. The third kappa shape index (κ3) is 8.51. The molecule has 7 heteroatoms. The largest absolute Gasteiger partial charge is 0.389 e. The average Bonchev–Trinajstić information content (AvgIpc) is 3.22. The maximum absolute atomic E-state index is 9.94. The smallest absolute Gasteiger partial charge is 0.191 e. The molecule has 1 heterocycles. The maximum Gasteiger partial charge on any atom is 0.191 e. The fourth-order valence-corrected chi connectivity index (χ4v) is 2.48. The quantitative estimate of drug-likeness (QED) is 0.288. The Bertz CT molecular complexity index is 358. The summed E-state index contributed by atoms with van der Waals surface area (Å²) in [6.45, 7) is 7.98. The normalized spacial score (nSPS) is 25.8. The molecule has 3 N–H and O–H groups in total. The van der Waals surface area contributed by atoms with E-state index in [1.165, 1.54) is 12.8 Å². The number of nitrogens with one attached hydrogen (secondary N) is 2. The van der Waals surface area contributed by atoms with Crippen molar-refractivity contribution in [2.45, 2.75) is 51.2 Å². The first kappa shape index (κ1) is 20.9. The summed E-state index contributed by atoms with van der Waals surface area (Å²) in [6, 6.07) is 0. The van der Waals surface area contributed by atoms with Crippen molar-refractivity contribution in [2.75, 3.05) is 39.5 Å². The molecule has 0 aromatic heterocycles. The molecular formula is C16H32IN3O3. The Morgan fingerprint density at radius 1 is 1.43 bits per heavy atom. The molecule has 1 aliphatic heterocycles. The minimum absolute atomic E-state index is 0. The van der Waals surface area contributed by atoms with Gasteiger partial charge in [-0.15, -0.1) is 24.0 Å². The number of nitrogens with zero attached hydrogens (tertiary/aromatic N) is 1. The van der Waals surface area contributed by atoms with Crippen molar-refractivity contribution in [1.29, 1.82) is 0 Å². The number of aliphatic hydroxyl groups is 1. The Hall–Kier alpha value is -0.120. The molecule has 0 aromatic rings. The van der Waals surface area contributed by atoms with Gasteiger partial charge in [0, 0.05) is 26.3 Å². The van der Waals surface area contributed by atoms with Crippen LogP contribution in [-0.2, 0) is 9.47 Å². The molecule has 1 aliphatic carbocycles. The lowest BCUT2D eigenvalue weighted by atomic mass is 10.0. The predicted octanol–water partition coefficient (Wildman–Crippen LogP) is 1.52. The highest BCUT2D eigenvalue weighted by Gasteiger charge is 2.29. The van der Waals surface area contributed by atoms with E-state index in [4.69, 9.17) is 9.47 Å². The summed E-state index contributed by atoms with van der Waals surface area (Å²) in [6.07, 6.45) is 4.18. The molecule has 0 aromatic carbocycles. The van der Waals surface area contributed by atoms with E-state index in [0.29, 0.717) is 19.7 Å². The molecule has 1 saturated heterocycles. The van der Waals surface area contributed by atoms with Gasteiger partial charge < -0.3 is 25.2 Å². The molecule has 2 aliphatic rings. The highest BCUT2D eigenvalue weighted by Crippen LogP contribution is 2.28. The number of guanidine groups is 1. The third-order valence-corrected chi connectivity index (χ3v) is 4.08. The Labute approximate surface area is 156 Å². The SMILES string of the molecule is CCNC(=NCC1(C)CCCO1)NCC(O)COCC1CC1.I.